The molecule has 0 bridgehead atoms. The smallest absolute Gasteiger partial charge is 0.150 e. The molecule has 0 fully saturated rings. The molecule has 0 amide bonds. The van der Waals surface area contributed by atoms with Gasteiger partial charge in [0.15, 0.2) is 0 Å². The molecule has 0 atom stereocenters. The van der Waals surface area contributed by atoms with E-state index in [9.17, 15) is 4.39 Å². The monoisotopic (exact) mass is 195 g/mol. The van der Waals surface area contributed by atoms with Crippen LogP contribution >= 0.6 is 0 Å². The van der Waals surface area contributed by atoms with Gasteiger partial charge in [-0.05, 0) is 6.07 Å². The van der Waals surface area contributed by atoms with Gasteiger partial charge in [0.05, 0.1) is 13.7 Å². The van der Waals surface area contributed by atoms with Gasteiger partial charge in [0.25, 0.3) is 0 Å². The lowest BCUT2D eigenvalue weighted by molar-refractivity contribution is 0.181. The molecule has 0 N–H and O–H groups in total. The minimum Gasteiger partial charge on any atom is -0.495 e. The van der Waals surface area contributed by atoms with Crippen molar-refractivity contribution in [1.29, 1.82) is 5.26 Å². The van der Waals surface area contributed by atoms with Gasteiger partial charge in [-0.1, -0.05) is 6.07 Å². The third-order valence-electron chi connectivity index (χ3n) is 1.82. The van der Waals surface area contributed by atoms with Crippen molar-refractivity contribution in [3.63, 3.8) is 0 Å². The summed E-state index contributed by atoms with van der Waals surface area (Å²) in [7, 11) is 2.86. The second-order valence-electron chi connectivity index (χ2n) is 2.66. The van der Waals surface area contributed by atoms with Crippen LogP contribution in [0.15, 0.2) is 12.1 Å². The van der Waals surface area contributed by atoms with Crippen LogP contribution in [0, 0.1) is 17.1 Å². The van der Waals surface area contributed by atoms with Crippen LogP contribution in [0.4, 0.5) is 4.39 Å². The van der Waals surface area contributed by atoms with Gasteiger partial charge in [0.2, 0.25) is 0 Å². The summed E-state index contributed by atoms with van der Waals surface area (Å²) in [6.45, 7) is 0.143. The van der Waals surface area contributed by atoms with Crippen LogP contribution in [0.1, 0.15) is 11.1 Å². The summed E-state index contributed by atoms with van der Waals surface area (Å²) in [6, 6.07) is 4.85. The van der Waals surface area contributed by atoms with E-state index < -0.39 is 5.82 Å². The standard InChI is InChI=1S/C10H10FNO2/c1-13-6-7-3-4-9(14-2)8(5-12)10(7)11/h3-4H,6H2,1-2H3. The Hall–Kier alpha value is -1.60. The zero-order chi connectivity index (χ0) is 10.6. The number of nitrogens with zero attached hydrogens (tertiary/aromatic N) is 1. The second-order valence-corrected chi connectivity index (χ2v) is 2.66. The summed E-state index contributed by atoms with van der Waals surface area (Å²) in [5, 5.41) is 8.71. The maximum absolute atomic E-state index is 13.5. The minimum atomic E-state index is -0.575. The first-order valence-electron chi connectivity index (χ1n) is 3.99. The number of halogens is 1. The largest absolute Gasteiger partial charge is 0.495 e. The fourth-order valence-electron chi connectivity index (χ4n) is 1.14. The number of methoxy groups -OCH3 is 2. The molecular weight excluding hydrogens is 185 g/mol. The highest BCUT2D eigenvalue weighted by Gasteiger charge is 2.13. The molecule has 0 spiro atoms. The van der Waals surface area contributed by atoms with Gasteiger partial charge in [0.1, 0.15) is 23.2 Å². The van der Waals surface area contributed by atoms with E-state index in [1.165, 1.54) is 14.2 Å². The number of hydrogen-bond donors (Lipinski definition) is 0. The van der Waals surface area contributed by atoms with E-state index >= 15 is 0 Å². The molecule has 0 aliphatic carbocycles. The topological polar surface area (TPSA) is 42.2 Å². The first-order valence-corrected chi connectivity index (χ1v) is 3.99. The van der Waals surface area contributed by atoms with Crippen LogP contribution in [-0.4, -0.2) is 14.2 Å². The molecule has 0 saturated carbocycles. The summed E-state index contributed by atoms with van der Waals surface area (Å²) >= 11 is 0. The molecule has 0 aliphatic rings. The van der Waals surface area contributed by atoms with Crippen molar-refractivity contribution >= 4 is 0 Å². The van der Waals surface area contributed by atoms with Crippen molar-refractivity contribution in [2.45, 2.75) is 6.61 Å². The van der Waals surface area contributed by atoms with Crippen LogP contribution in [0.5, 0.6) is 5.75 Å². The van der Waals surface area contributed by atoms with E-state index in [1.807, 2.05) is 0 Å². The lowest BCUT2D eigenvalue weighted by Crippen LogP contribution is -1.98. The van der Waals surface area contributed by atoms with Crippen LogP contribution in [0.2, 0.25) is 0 Å². The third-order valence-corrected chi connectivity index (χ3v) is 1.82. The molecule has 74 valence electrons. The van der Waals surface area contributed by atoms with Crippen molar-refractivity contribution in [3.05, 3.63) is 29.1 Å². The molecule has 0 radical (unpaired) electrons. The minimum absolute atomic E-state index is 0.0814. The lowest BCUT2D eigenvalue weighted by Gasteiger charge is -2.07. The number of benzene rings is 1. The predicted octanol–water partition coefficient (Wildman–Crippen LogP) is 1.85. The van der Waals surface area contributed by atoms with Crippen LogP contribution in [0.3, 0.4) is 0 Å². The lowest BCUT2D eigenvalue weighted by atomic mass is 10.1. The van der Waals surface area contributed by atoms with Crippen molar-refractivity contribution in [2.24, 2.45) is 0 Å². The zero-order valence-corrected chi connectivity index (χ0v) is 8.00. The quantitative estimate of drug-likeness (QED) is 0.739. The number of nitriles is 1. The molecule has 1 aromatic carbocycles. The Balaban J connectivity index is 3.22. The molecule has 1 rings (SSSR count). The maximum atomic E-state index is 13.5. The van der Waals surface area contributed by atoms with Gasteiger partial charge in [0, 0.05) is 12.7 Å². The number of hydrogen-bond acceptors (Lipinski definition) is 3. The predicted molar refractivity (Wildman–Crippen MR) is 48.4 cm³/mol. The van der Waals surface area contributed by atoms with Crippen molar-refractivity contribution < 1.29 is 13.9 Å². The molecule has 0 saturated heterocycles. The molecule has 0 aliphatic heterocycles. The van der Waals surface area contributed by atoms with Gasteiger partial charge < -0.3 is 9.47 Å². The SMILES string of the molecule is COCc1ccc(OC)c(C#N)c1F. The molecule has 4 heteroatoms. The van der Waals surface area contributed by atoms with Crippen molar-refractivity contribution in [2.75, 3.05) is 14.2 Å². The van der Waals surface area contributed by atoms with Crippen LogP contribution in [0.25, 0.3) is 0 Å². The van der Waals surface area contributed by atoms with Gasteiger partial charge in [-0.15, -0.1) is 0 Å². The maximum Gasteiger partial charge on any atom is 0.150 e. The Bertz CT molecular complexity index is 371. The van der Waals surface area contributed by atoms with Gasteiger partial charge >= 0.3 is 0 Å². The van der Waals surface area contributed by atoms with E-state index in [0.717, 1.165) is 0 Å². The van der Waals surface area contributed by atoms with Crippen molar-refractivity contribution in [1.82, 2.24) is 0 Å². The van der Waals surface area contributed by atoms with Gasteiger partial charge in [-0.3, -0.25) is 0 Å². The van der Waals surface area contributed by atoms with Crippen LogP contribution < -0.4 is 4.74 Å². The molecule has 3 nitrogen and oxygen atoms in total. The Morgan fingerprint density at radius 2 is 2.14 bits per heavy atom. The number of ether oxygens (including phenoxy) is 2. The summed E-state index contributed by atoms with van der Waals surface area (Å²) < 4.78 is 23.2. The van der Waals surface area contributed by atoms with E-state index in [0.29, 0.717) is 5.56 Å². The fraction of sp³-hybridized carbons (Fsp3) is 0.300. The molecule has 14 heavy (non-hydrogen) atoms. The molecule has 0 heterocycles. The highest BCUT2D eigenvalue weighted by atomic mass is 19.1. The average molecular weight is 195 g/mol. The van der Waals surface area contributed by atoms with E-state index in [4.69, 9.17) is 14.7 Å². The second kappa shape index (κ2) is 4.58. The highest BCUT2D eigenvalue weighted by molar-refractivity contribution is 5.46. The molecule has 1 aromatic rings. The Kier molecular flexibility index (Phi) is 3.43. The first kappa shape index (κ1) is 10.5. The first-order chi connectivity index (χ1) is 6.74. The van der Waals surface area contributed by atoms with E-state index in [1.54, 1.807) is 18.2 Å². The highest BCUT2D eigenvalue weighted by Crippen LogP contribution is 2.23. The zero-order valence-electron chi connectivity index (χ0n) is 8.00. The fourth-order valence-corrected chi connectivity index (χ4v) is 1.14. The van der Waals surface area contributed by atoms with Crippen LogP contribution in [-0.2, 0) is 11.3 Å². The normalized spacial score (nSPS) is 9.57. The van der Waals surface area contributed by atoms with Gasteiger partial charge in [-0.25, -0.2) is 4.39 Å². The summed E-state index contributed by atoms with van der Waals surface area (Å²) in [5.41, 5.74) is 0.270. The Morgan fingerprint density at radius 3 is 2.64 bits per heavy atom. The average Bonchev–Trinajstić information content (AvgIpc) is 2.21. The molecule has 0 unspecified atom stereocenters. The third kappa shape index (κ3) is 1.83. The number of rotatable bonds is 3. The summed E-state index contributed by atoms with van der Waals surface area (Å²) in [5.74, 6) is -0.335. The van der Waals surface area contributed by atoms with Gasteiger partial charge in [-0.2, -0.15) is 5.26 Å². The van der Waals surface area contributed by atoms with E-state index in [-0.39, 0.29) is 17.9 Å². The Labute approximate surface area is 81.7 Å². The summed E-state index contributed by atoms with van der Waals surface area (Å²) in [4.78, 5) is 0. The Morgan fingerprint density at radius 1 is 1.43 bits per heavy atom. The molecular formula is C10H10FNO2. The summed E-state index contributed by atoms with van der Waals surface area (Å²) in [6.07, 6.45) is 0. The van der Waals surface area contributed by atoms with Crippen molar-refractivity contribution in [3.8, 4) is 11.8 Å². The molecule has 0 aromatic heterocycles. The van der Waals surface area contributed by atoms with E-state index in [2.05, 4.69) is 0 Å².